The molecule has 4 nitrogen and oxygen atoms in total. The zero-order chi connectivity index (χ0) is 13.5. The van der Waals surface area contributed by atoms with Gasteiger partial charge in [-0.25, -0.2) is 13.1 Å². The molecule has 0 bridgehead atoms. The van der Waals surface area contributed by atoms with Crippen LogP contribution in [0.15, 0.2) is 18.2 Å². The van der Waals surface area contributed by atoms with E-state index < -0.39 is 15.9 Å². The molecule has 0 radical (unpaired) electrons. The summed E-state index contributed by atoms with van der Waals surface area (Å²) in [5.41, 5.74) is 0. The third-order valence-electron chi connectivity index (χ3n) is 2.09. The summed E-state index contributed by atoms with van der Waals surface area (Å²) in [7, 11) is -3.62. The van der Waals surface area contributed by atoms with E-state index >= 15 is 0 Å². The van der Waals surface area contributed by atoms with Crippen LogP contribution in [-0.4, -0.2) is 20.6 Å². The lowest BCUT2D eigenvalue weighted by Gasteiger charge is -2.00. The van der Waals surface area contributed by atoms with Crippen LogP contribution in [-0.2, 0) is 10.0 Å². The molecule has 0 unspecified atom stereocenters. The lowest BCUT2D eigenvalue weighted by molar-refractivity contribution is 0.0986. The number of amides is 1. The highest BCUT2D eigenvalue weighted by Crippen LogP contribution is 2.39. The Morgan fingerprint density at radius 2 is 2.00 bits per heavy atom. The van der Waals surface area contributed by atoms with E-state index in [1.807, 2.05) is 4.72 Å². The fourth-order valence-corrected chi connectivity index (χ4v) is 3.79. The van der Waals surface area contributed by atoms with Crippen LogP contribution in [0.3, 0.4) is 0 Å². The molecular formula is C10H7Cl2NO3S2. The number of rotatable bonds is 2. The number of sulfonamides is 1. The Bertz CT molecular complexity index is 737. The summed E-state index contributed by atoms with van der Waals surface area (Å²) in [6.45, 7) is 0. The summed E-state index contributed by atoms with van der Waals surface area (Å²) in [4.78, 5) is 11.9. The van der Waals surface area contributed by atoms with E-state index in [1.54, 1.807) is 18.2 Å². The van der Waals surface area contributed by atoms with Crippen molar-refractivity contribution >= 4 is 60.6 Å². The maximum absolute atomic E-state index is 11.8. The van der Waals surface area contributed by atoms with Crippen molar-refractivity contribution in [2.75, 3.05) is 6.26 Å². The number of benzene rings is 1. The first-order valence-electron chi connectivity index (χ1n) is 4.68. The normalized spacial score (nSPS) is 11.7. The Morgan fingerprint density at radius 3 is 2.56 bits per heavy atom. The topological polar surface area (TPSA) is 63.2 Å². The minimum atomic E-state index is -3.62. The number of fused-ring (bicyclic) bond motifs is 1. The van der Waals surface area contributed by atoms with Gasteiger partial charge in [0.15, 0.2) is 0 Å². The number of halogens is 2. The second kappa shape index (κ2) is 4.70. The first-order valence-corrected chi connectivity index (χ1v) is 8.14. The van der Waals surface area contributed by atoms with Gasteiger partial charge in [-0.15, -0.1) is 11.3 Å². The molecule has 1 N–H and O–H groups in total. The van der Waals surface area contributed by atoms with Crippen LogP contribution in [0.5, 0.6) is 0 Å². The molecule has 0 spiro atoms. The molecule has 2 aromatic rings. The van der Waals surface area contributed by atoms with Gasteiger partial charge in [-0.2, -0.15) is 0 Å². The summed E-state index contributed by atoms with van der Waals surface area (Å²) in [6, 6.07) is 5.14. The molecule has 1 aromatic heterocycles. The van der Waals surface area contributed by atoms with Crippen molar-refractivity contribution in [1.82, 2.24) is 4.72 Å². The number of carbonyl (C=O) groups excluding carboxylic acids is 1. The van der Waals surface area contributed by atoms with Gasteiger partial charge < -0.3 is 0 Å². The van der Waals surface area contributed by atoms with Crippen molar-refractivity contribution in [2.45, 2.75) is 0 Å². The van der Waals surface area contributed by atoms with Crippen molar-refractivity contribution in [1.29, 1.82) is 0 Å². The molecule has 0 fully saturated rings. The standard InChI is InChI=1S/C10H7Cl2NO3S2/c1-18(15,16)13-10(14)9-8(12)7-5(11)3-2-4-6(7)17-9/h2-4H,1H3,(H,13,14). The van der Waals surface area contributed by atoms with Gasteiger partial charge in [0, 0.05) is 10.1 Å². The Labute approximate surface area is 118 Å². The summed E-state index contributed by atoms with van der Waals surface area (Å²) in [6.07, 6.45) is 0.902. The smallest absolute Gasteiger partial charge is 0.267 e. The highest BCUT2D eigenvalue weighted by atomic mass is 35.5. The van der Waals surface area contributed by atoms with Gasteiger partial charge in [-0.3, -0.25) is 4.79 Å². The molecule has 1 amide bonds. The highest BCUT2D eigenvalue weighted by Gasteiger charge is 2.20. The first-order chi connectivity index (χ1) is 8.29. The number of nitrogens with one attached hydrogen (secondary N) is 1. The molecule has 1 aromatic carbocycles. The predicted molar refractivity (Wildman–Crippen MR) is 74.2 cm³/mol. The summed E-state index contributed by atoms with van der Waals surface area (Å²) >= 11 is 13.1. The Morgan fingerprint density at radius 1 is 1.33 bits per heavy atom. The minimum Gasteiger partial charge on any atom is -0.267 e. The van der Waals surface area contributed by atoms with E-state index in [0.29, 0.717) is 10.4 Å². The van der Waals surface area contributed by atoms with Gasteiger partial charge in [0.25, 0.3) is 5.91 Å². The molecule has 2 rings (SSSR count). The minimum absolute atomic E-state index is 0.130. The van der Waals surface area contributed by atoms with E-state index in [2.05, 4.69) is 0 Å². The van der Waals surface area contributed by atoms with Crippen molar-refractivity contribution in [3.63, 3.8) is 0 Å². The molecule has 0 aliphatic heterocycles. The van der Waals surface area contributed by atoms with Crippen LogP contribution in [0.4, 0.5) is 0 Å². The van der Waals surface area contributed by atoms with Crippen LogP contribution < -0.4 is 4.72 Å². The largest absolute Gasteiger partial charge is 0.276 e. The molecule has 96 valence electrons. The van der Waals surface area contributed by atoms with Gasteiger partial charge in [0.1, 0.15) is 4.88 Å². The third kappa shape index (κ3) is 2.61. The molecule has 0 saturated carbocycles. The van der Waals surface area contributed by atoms with Crippen LogP contribution in [0.2, 0.25) is 10.0 Å². The van der Waals surface area contributed by atoms with E-state index in [9.17, 15) is 13.2 Å². The Kier molecular flexibility index (Phi) is 3.55. The van der Waals surface area contributed by atoms with Crippen LogP contribution in [0.25, 0.3) is 10.1 Å². The van der Waals surface area contributed by atoms with E-state index in [4.69, 9.17) is 23.2 Å². The van der Waals surface area contributed by atoms with Gasteiger partial charge >= 0.3 is 0 Å². The van der Waals surface area contributed by atoms with Gasteiger partial charge in [0.05, 0.1) is 16.3 Å². The van der Waals surface area contributed by atoms with Crippen molar-refractivity contribution < 1.29 is 13.2 Å². The zero-order valence-corrected chi connectivity index (χ0v) is 12.2. The summed E-state index contributed by atoms with van der Waals surface area (Å²) in [5, 5.41) is 1.15. The molecule has 8 heteroatoms. The van der Waals surface area contributed by atoms with Crippen molar-refractivity contribution in [2.24, 2.45) is 0 Å². The maximum Gasteiger partial charge on any atom is 0.276 e. The highest BCUT2D eigenvalue weighted by molar-refractivity contribution is 7.89. The predicted octanol–water partition coefficient (Wildman–Crippen LogP) is 2.90. The second-order valence-corrected chi connectivity index (χ2v) is 7.15. The molecular weight excluding hydrogens is 317 g/mol. The molecule has 18 heavy (non-hydrogen) atoms. The third-order valence-corrected chi connectivity index (χ3v) is 4.61. The van der Waals surface area contributed by atoms with E-state index in [-0.39, 0.29) is 9.90 Å². The molecule has 0 atom stereocenters. The average molecular weight is 324 g/mol. The Balaban J connectivity index is 2.57. The zero-order valence-electron chi connectivity index (χ0n) is 9.03. The van der Waals surface area contributed by atoms with Crippen molar-refractivity contribution in [3.05, 3.63) is 33.1 Å². The van der Waals surface area contributed by atoms with Crippen molar-refractivity contribution in [3.8, 4) is 0 Å². The molecule has 0 aliphatic rings. The number of carbonyl (C=O) groups is 1. The summed E-state index contributed by atoms with van der Waals surface area (Å²) in [5.74, 6) is -0.750. The second-order valence-electron chi connectivity index (χ2n) is 3.56. The molecule has 0 saturated heterocycles. The average Bonchev–Trinajstić information content (AvgIpc) is 2.55. The molecule has 1 heterocycles. The van der Waals surface area contributed by atoms with Gasteiger partial charge in [-0.05, 0) is 12.1 Å². The lowest BCUT2D eigenvalue weighted by atomic mass is 10.2. The van der Waals surface area contributed by atoms with Crippen LogP contribution in [0.1, 0.15) is 9.67 Å². The van der Waals surface area contributed by atoms with E-state index in [0.717, 1.165) is 22.3 Å². The van der Waals surface area contributed by atoms with E-state index in [1.165, 1.54) is 0 Å². The summed E-state index contributed by atoms with van der Waals surface area (Å²) < 4.78 is 24.6. The fraction of sp³-hybridized carbons (Fsp3) is 0.100. The quantitative estimate of drug-likeness (QED) is 0.924. The lowest BCUT2D eigenvalue weighted by Crippen LogP contribution is -2.28. The van der Waals surface area contributed by atoms with Crippen LogP contribution >= 0.6 is 34.5 Å². The van der Waals surface area contributed by atoms with Crippen LogP contribution in [0, 0.1) is 0 Å². The number of hydrogen-bond acceptors (Lipinski definition) is 4. The number of hydrogen-bond donors (Lipinski definition) is 1. The fourth-order valence-electron chi connectivity index (χ4n) is 1.43. The maximum atomic E-state index is 11.8. The van der Waals surface area contributed by atoms with Gasteiger partial charge in [0.2, 0.25) is 10.0 Å². The SMILES string of the molecule is CS(=O)(=O)NC(=O)c1sc2cccc(Cl)c2c1Cl. The van der Waals surface area contributed by atoms with Gasteiger partial charge in [-0.1, -0.05) is 29.3 Å². The molecule has 0 aliphatic carbocycles. The number of thiophene rings is 1. The first kappa shape index (κ1) is 13.6. The Hall–Kier alpha value is -0.820. The monoisotopic (exact) mass is 323 g/mol.